The standard InChI is InChI=1S/C17H20FNO/c1-13-8-14(2)10-17(9-13)20-7-6-19-12-15-4-3-5-16(18)11-15/h3-5,8-11,19H,6-7,12H2,1-2H3. The Balaban J connectivity index is 1.71. The molecule has 0 fully saturated rings. The van der Waals surface area contributed by atoms with Gasteiger partial charge in [-0.05, 0) is 54.8 Å². The van der Waals surface area contributed by atoms with Crippen LogP contribution in [0.3, 0.4) is 0 Å². The molecule has 2 nitrogen and oxygen atoms in total. The van der Waals surface area contributed by atoms with Crippen LogP contribution in [0.15, 0.2) is 42.5 Å². The molecule has 0 aromatic heterocycles. The van der Waals surface area contributed by atoms with E-state index in [1.54, 1.807) is 6.07 Å². The first-order valence-electron chi connectivity index (χ1n) is 6.80. The molecule has 2 aromatic carbocycles. The van der Waals surface area contributed by atoms with Crippen LogP contribution in [0.25, 0.3) is 0 Å². The summed E-state index contributed by atoms with van der Waals surface area (Å²) in [6.45, 7) is 6.08. The molecule has 1 N–H and O–H groups in total. The van der Waals surface area contributed by atoms with Gasteiger partial charge in [-0.2, -0.15) is 0 Å². The minimum Gasteiger partial charge on any atom is -0.492 e. The van der Waals surface area contributed by atoms with E-state index >= 15 is 0 Å². The van der Waals surface area contributed by atoms with Crippen molar-refractivity contribution in [2.45, 2.75) is 20.4 Å². The van der Waals surface area contributed by atoms with Gasteiger partial charge in [0.15, 0.2) is 0 Å². The molecule has 0 spiro atoms. The maximum Gasteiger partial charge on any atom is 0.123 e. The molecule has 2 aromatic rings. The maximum absolute atomic E-state index is 13.0. The zero-order valence-corrected chi connectivity index (χ0v) is 11.9. The van der Waals surface area contributed by atoms with Crippen molar-refractivity contribution >= 4 is 0 Å². The fraction of sp³-hybridized carbons (Fsp3) is 0.294. The Hall–Kier alpha value is -1.87. The number of aryl methyl sites for hydroxylation is 2. The predicted octanol–water partition coefficient (Wildman–Crippen LogP) is 3.61. The van der Waals surface area contributed by atoms with Gasteiger partial charge < -0.3 is 10.1 Å². The first kappa shape index (κ1) is 14.5. The molecule has 0 atom stereocenters. The van der Waals surface area contributed by atoms with Crippen molar-refractivity contribution in [3.63, 3.8) is 0 Å². The summed E-state index contributed by atoms with van der Waals surface area (Å²) in [5.74, 6) is 0.700. The summed E-state index contributed by atoms with van der Waals surface area (Å²) in [6.07, 6.45) is 0. The van der Waals surface area contributed by atoms with E-state index in [-0.39, 0.29) is 5.82 Å². The van der Waals surface area contributed by atoms with Crippen LogP contribution in [-0.4, -0.2) is 13.2 Å². The molecule has 0 heterocycles. The average molecular weight is 273 g/mol. The normalized spacial score (nSPS) is 10.6. The Morgan fingerprint density at radius 3 is 2.50 bits per heavy atom. The van der Waals surface area contributed by atoms with Gasteiger partial charge in [0.05, 0.1) is 0 Å². The Morgan fingerprint density at radius 1 is 1.05 bits per heavy atom. The molecule has 2 rings (SSSR count). The van der Waals surface area contributed by atoms with Gasteiger partial charge in [0.2, 0.25) is 0 Å². The summed E-state index contributed by atoms with van der Waals surface area (Å²) in [4.78, 5) is 0. The van der Waals surface area contributed by atoms with Gasteiger partial charge in [-0.15, -0.1) is 0 Å². The second-order valence-electron chi connectivity index (χ2n) is 4.98. The van der Waals surface area contributed by atoms with Crippen molar-refractivity contribution in [2.24, 2.45) is 0 Å². The molecule has 106 valence electrons. The van der Waals surface area contributed by atoms with E-state index in [1.807, 2.05) is 18.2 Å². The summed E-state index contributed by atoms with van der Waals surface area (Å²) in [7, 11) is 0. The summed E-state index contributed by atoms with van der Waals surface area (Å²) in [5, 5.41) is 3.24. The molecule has 0 radical (unpaired) electrons. The highest BCUT2D eigenvalue weighted by Gasteiger charge is 1.98. The smallest absolute Gasteiger partial charge is 0.123 e. The minimum atomic E-state index is -0.198. The number of hydrogen-bond acceptors (Lipinski definition) is 2. The van der Waals surface area contributed by atoms with E-state index in [1.165, 1.54) is 23.3 Å². The van der Waals surface area contributed by atoms with Crippen molar-refractivity contribution in [1.29, 1.82) is 0 Å². The molecule has 0 amide bonds. The quantitative estimate of drug-likeness (QED) is 0.812. The third-order valence-electron chi connectivity index (χ3n) is 2.96. The second kappa shape index (κ2) is 7.06. The number of benzene rings is 2. The Bertz CT molecular complexity index is 548. The van der Waals surface area contributed by atoms with Crippen LogP contribution in [0.2, 0.25) is 0 Å². The molecule has 0 bridgehead atoms. The summed E-state index contributed by atoms with van der Waals surface area (Å²) in [5.41, 5.74) is 3.34. The third-order valence-corrected chi connectivity index (χ3v) is 2.96. The fourth-order valence-corrected chi connectivity index (χ4v) is 2.14. The highest BCUT2D eigenvalue weighted by molar-refractivity contribution is 5.32. The van der Waals surface area contributed by atoms with E-state index in [0.717, 1.165) is 17.9 Å². The largest absolute Gasteiger partial charge is 0.492 e. The lowest BCUT2D eigenvalue weighted by molar-refractivity contribution is 0.313. The van der Waals surface area contributed by atoms with Gasteiger partial charge in [0.1, 0.15) is 18.2 Å². The highest BCUT2D eigenvalue weighted by Crippen LogP contribution is 2.15. The number of rotatable bonds is 6. The topological polar surface area (TPSA) is 21.3 Å². The third kappa shape index (κ3) is 4.67. The molecule has 0 aliphatic carbocycles. The first-order chi connectivity index (χ1) is 9.63. The van der Waals surface area contributed by atoms with Crippen molar-refractivity contribution in [2.75, 3.05) is 13.2 Å². The van der Waals surface area contributed by atoms with Gasteiger partial charge in [-0.1, -0.05) is 18.2 Å². The first-order valence-corrected chi connectivity index (χ1v) is 6.80. The molecule has 20 heavy (non-hydrogen) atoms. The number of hydrogen-bond donors (Lipinski definition) is 1. The van der Waals surface area contributed by atoms with Crippen LogP contribution >= 0.6 is 0 Å². The average Bonchev–Trinajstić information content (AvgIpc) is 2.37. The van der Waals surface area contributed by atoms with E-state index in [0.29, 0.717) is 13.2 Å². The van der Waals surface area contributed by atoms with Crippen LogP contribution in [0.5, 0.6) is 5.75 Å². The summed E-state index contributed by atoms with van der Waals surface area (Å²) >= 11 is 0. The molecule has 3 heteroatoms. The van der Waals surface area contributed by atoms with E-state index in [2.05, 4.69) is 25.2 Å². The summed E-state index contributed by atoms with van der Waals surface area (Å²) < 4.78 is 18.7. The van der Waals surface area contributed by atoms with E-state index < -0.39 is 0 Å². The molecule has 0 aliphatic heterocycles. The Morgan fingerprint density at radius 2 is 1.80 bits per heavy atom. The molecular weight excluding hydrogens is 253 g/mol. The number of halogens is 1. The van der Waals surface area contributed by atoms with Gasteiger partial charge in [0.25, 0.3) is 0 Å². The lowest BCUT2D eigenvalue weighted by Crippen LogP contribution is -2.20. The SMILES string of the molecule is Cc1cc(C)cc(OCCNCc2cccc(F)c2)c1. The number of ether oxygens (including phenoxy) is 1. The van der Waals surface area contributed by atoms with Gasteiger partial charge in [0, 0.05) is 13.1 Å². The number of nitrogens with one attached hydrogen (secondary N) is 1. The molecule has 0 unspecified atom stereocenters. The van der Waals surface area contributed by atoms with Gasteiger partial charge >= 0.3 is 0 Å². The fourth-order valence-electron chi connectivity index (χ4n) is 2.14. The van der Waals surface area contributed by atoms with Crippen LogP contribution in [0.4, 0.5) is 4.39 Å². The zero-order chi connectivity index (χ0) is 14.4. The lowest BCUT2D eigenvalue weighted by atomic mass is 10.1. The zero-order valence-electron chi connectivity index (χ0n) is 11.9. The van der Waals surface area contributed by atoms with Crippen LogP contribution in [-0.2, 0) is 6.54 Å². The van der Waals surface area contributed by atoms with Crippen molar-refractivity contribution in [1.82, 2.24) is 5.32 Å². The predicted molar refractivity (Wildman–Crippen MR) is 79.5 cm³/mol. The lowest BCUT2D eigenvalue weighted by Gasteiger charge is -2.09. The van der Waals surface area contributed by atoms with Crippen LogP contribution < -0.4 is 10.1 Å². The Labute approximate surface area is 119 Å². The highest BCUT2D eigenvalue weighted by atomic mass is 19.1. The molecule has 0 aliphatic rings. The van der Waals surface area contributed by atoms with Crippen molar-refractivity contribution in [3.8, 4) is 5.75 Å². The summed E-state index contributed by atoms with van der Waals surface area (Å²) in [6, 6.07) is 12.8. The van der Waals surface area contributed by atoms with E-state index in [4.69, 9.17) is 4.74 Å². The Kier molecular flexibility index (Phi) is 5.13. The minimum absolute atomic E-state index is 0.198. The van der Waals surface area contributed by atoms with Crippen LogP contribution in [0, 0.1) is 19.7 Å². The molecule has 0 saturated carbocycles. The maximum atomic E-state index is 13.0. The molecule has 0 saturated heterocycles. The monoisotopic (exact) mass is 273 g/mol. The van der Waals surface area contributed by atoms with Gasteiger partial charge in [-0.25, -0.2) is 4.39 Å². The molecular formula is C17H20FNO. The van der Waals surface area contributed by atoms with Crippen LogP contribution in [0.1, 0.15) is 16.7 Å². The van der Waals surface area contributed by atoms with E-state index in [9.17, 15) is 4.39 Å². The van der Waals surface area contributed by atoms with Crippen molar-refractivity contribution < 1.29 is 9.13 Å². The second-order valence-corrected chi connectivity index (χ2v) is 4.98. The van der Waals surface area contributed by atoms with Gasteiger partial charge in [-0.3, -0.25) is 0 Å². The van der Waals surface area contributed by atoms with Crippen molar-refractivity contribution in [3.05, 3.63) is 65.0 Å².